The van der Waals surface area contributed by atoms with Crippen molar-refractivity contribution in [2.24, 2.45) is 0 Å². The summed E-state index contributed by atoms with van der Waals surface area (Å²) < 4.78 is 89.3. The van der Waals surface area contributed by atoms with E-state index in [4.69, 9.17) is 9.26 Å². The van der Waals surface area contributed by atoms with Crippen LogP contribution in [0.15, 0.2) is 47.0 Å². The third-order valence-electron chi connectivity index (χ3n) is 5.74. The first-order chi connectivity index (χ1) is 16.5. The zero-order valence-corrected chi connectivity index (χ0v) is 18.3. The Hall–Kier alpha value is -3.57. The quantitative estimate of drug-likeness (QED) is 0.425. The molecule has 2 aromatic carbocycles. The number of halogens is 6. The standard InChI is InChI=1S/C23H19F6N3O3/c1-34-18-4-2-3-14(11-18)19-30-20(35-31-19)13-5-7-32(8-6-13)21(33)15-9-16(22(24,25)26)12-17(10-15)23(27,28)29/h2-4,9-13H,5-8H2,1H3. The van der Waals surface area contributed by atoms with Gasteiger partial charge in [0.25, 0.3) is 5.91 Å². The Morgan fingerprint density at radius 3 is 2.20 bits per heavy atom. The Morgan fingerprint density at radius 2 is 1.63 bits per heavy atom. The molecule has 6 nitrogen and oxygen atoms in total. The number of hydrogen-bond acceptors (Lipinski definition) is 5. The van der Waals surface area contributed by atoms with Crippen LogP contribution in [0.4, 0.5) is 26.3 Å². The topological polar surface area (TPSA) is 68.5 Å². The average Bonchev–Trinajstić information content (AvgIpc) is 3.33. The number of piperidine rings is 1. The summed E-state index contributed by atoms with van der Waals surface area (Å²) in [6.45, 7) is 0.218. The van der Waals surface area contributed by atoms with Crippen molar-refractivity contribution in [2.45, 2.75) is 31.1 Å². The summed E-state index contributed by atoms with van der Waals surface area (Å²) in [4.78, 5) is 18.4. The maximum atomic E-state index is 13.1. The maximum absolute atomic E-state index is 13.1. The highest BCUT2D eigenvalue weighted by Gasteiger charge is 2.38. The lowest BCUT2D eigenvalue weighted by molar-refractivity contribution is -0.143. The highest BCUT2D eigenvalue weighted by Crippen LogP contribution is 2.37. The Balaban J connectivity index is 1.47. The van der Waals surface area contributed by atoms with Crippen molar-refractivity contribution in [3.63, 3.8) is 0 Å². The molecule has 1 aliphatic heterocycles. The number of aromatic nitrogens is 2. The zero-order valence-electron chi connectivity index (χ0n) is 18.3. The third kappa shape index (κ3) is 5.41. The minimum absolute atomic E-state index is 0.00149. The molecule has 35 heavy (non-hydrogen) atoms. The van der Waals surface area contributed by atoms with Crippen LogP contribution in [0.2, 0.25) is 0 Å². The first kappa shape index (κ1) is 24.6. The fourth-order valence-corrected chi connectivity index (χ4v) is 3.87. The van der Waals surface area contributed by atoms with Crippen LogP contribution < -0.4 is 4.74 Å². The SMILES string of the molecule is COc1cccc(-c2noc(C3CCN(C(=O)c4cc(C(F)(F)F)cc(C(F)(F)F)c4)CC3)n2)c1. The van der Waals surface area contributed by atoms with Gasteiger partial charge in [-0.15, -0.1) is 0 Å². The number of carbonyl (C=O) groups excluding carboxylic acids is 1. The summed E-state index contributed by atoms with van der Waals surface area (Å²) >= 11 is 0. The van der Waals surface area contributed by atoms with Crippen molar-refractivity contribution in [1.29, 1.82) is 0 Å². The smallest absolute Gasteiger partial charge is 0.416 e. The monoisotopic (exact) mass is 499 g/mol. The van der Waals surface area contributed by atoms with Gasteiger partial charge in [-0.25, -0.2) is 0 Å². The van der Waals surface area contributed by atoms with E-state index >= 15 is 0 Å². The molecule has 0 unspecified atom stereocenters. The van der Waals surface area contributed by atoms with Gasteiger partial charge in [0.1, 0.15) is 5.75 Å². The summed E-state index contributed by atoms with van der Waals surface area (Å²) in [6.07, 6.45) is -9.34. The molecule has 1 fully saturated rings. The van der Waals surface area contributed by atoms with Crippen molar-refractivity contribution >= 4 is 5.91 Å². The highest BCUT2D eigenvalue weighted by atomic mass is 19.4. The molecule has 3 aromatic rings. The molecular formula is C23H19F6N3O3. The van der Waals surface area contributed by atoms with Gasteiger partial charge in [0, 0.05) is 30.1 Å². The van der Waals surface area contributed by atoms with Gasteiger partial charge in [-0.3, -0.25) is 4.79 Å². The van der Waals surface area contributed by atoms with E-state index in [-0.39, 0.29) is 25.1 Å². The van der Waals surface area contributed by atoms with Crippen molar-refractivity contribution in [2.75, 3.05) is 20.2 Å². The van der Waals surface area contributed by atoms with Crippen molar-refractivity contribution in [3.8, 4) is 17.1 Å². The summed E-state index contributed by atoms with van der Waals surface area (Å²) in [5.74, 6) is 0.194. The molecule has 186 valence electrons. The number of alkyl halides is 6. The summed E-state index contributed by atoms with van der Waals surface area (Å²) in [6, 6.07) is 7.94. The third-order valence-corrected chi connectivity index (χ3v) is 5.74. The molecule has 0 atom stereocenters. The molecule has 1 aliphatic rings. The molecule has 4 rings (SSSR count). The fraction of sp³-hybridized carbons (Fsp3) is 0.348. The van der Waals surface area contributed by atoms with Crippen molar-refractivity contribution in [1.82, 2.24) is 15.0 Å². The number of carbonyl (C=O) groups is 1. The molecule has 1 aromatic heterocycles. The lowest BCUT2D eigenvalue weighted by Crippen LogP contribution is -2.38. The number of amides is 1. The molecule has 0 bridgehead atoms. The Morgan fingerprint density at radius 1 is 1.00 bits per heavy atom. The van der Waals surface area contributed by atoms with E-state index in [1.165, 1.54) is 12.0 Å². The Bertz CT molecular complexity index is 1180. The van der Waals surface area contributed by atoms with E-state index in [0.717, 1.165) is 0 Å². The molecule has 0 N–H and O–H groups in total. The van der Waals surface area contributed by atoms with E-state index in [1.807, 2.05) is 0 Å². The Kier molecular flexibility index (Phi) is 6.48. The van der Waals surface area contributed by atoms with Gasteiger partial charge >= 0.3 is 12.4 Å². The fourth-order valence-electron chi connectivity index (χ4n) is 3.87. The molecule has 1 saturated heterocycles. The van der Waals surface area contributed by atoms with Crippen molar-refractivity contribution in [3.05, 3.63) is 65.0 Å². The highest BCUT2D eigenvalue weighted by molar-refractivity contribution is 5.94. The van der Waals surface area contributed by atoms with Crippen LogP contribution in [0.25, 0.3) is 11.4 Å². The second kappa shape index (κ2) is 9.23. The van der Waals surface area contributed by atoms with Crippen molar-refractivity contribution < 1.29 is 40.4 Å². The minimum Gasteiger partial charge on any atom is -0.497 e. The molecule has 1 amide bonds. The summed E-state index contributed by atoms with van der Waals surface area (Å²) in [7, 11) is 1.53. The van der Waals surface area contributed by atoms with E-state index < -0.39 is 35.0 Å². The zero-order chi connectivity index (χ0) is 25.4. The molecule has 0 spiro atoms. The first-order valence-corrected chi connectivity index (χ1v) is 10.5. The van der Waals surface area contributed by atoms with E-state index in [1.54, 1.807) is 24.3 Å². The van der Waals surface area contributed by atoms with Crippen LogP contribution in [-0.2, 0) is 12.4 Å². The van der Waals surface area contributed by atoms with Crippen LogP contribution in [0.1, 0.15) is 46.1 Å². The predicted molar refractivity (Wildman–Crippen MR) is 111 cm³/mol. The normalized spacial score (nSPS) is 15.3. The van der Waals surface area contributed by atoms with Crippen LogP contribution >= 0.6 is 0 Å². The second-order valence-electron chi connectivity index (χ2n) is 8.05. The van der Waals surface area contributed by atoms with Gasteiger partial charge in [0.15, 0.2) is 0 Å². The van der Waals surface area contributed by atoms with E-state index in [9.17, 15) is 31.1 Å². The number of ether oxygens (including phenoxy) is 1. The van der Waals surface area contributed by atoms with Crippen LogP contribution in [0.3, 0.4) is 0 Å². The first-order valence-electron chi connectivity index (χ1n) is 10.5. The van der Waals surface area contributed by atoms with Crippen LogP contribution in [0, 0.1) is 0 Å². The predicted octanol–water partition coefficient (Wildman–Crippen LogP) is 5.80. The second-order valence-corrected chi connectivity index (χ2v) is 8.05. The number of hydrogen-bond donors (Lipinski definition) is 0. The van der Waals surface area contributed by atoms with Gasteiger partial charge in [-0.2, -0.15) is 31.3 Å². The number of methoxy groups -OCH3 is 1. The maximum Gasteiger partial charge on any atom is 0.416 e. The number of likely N-dealkylation sites (tertiary alicyclic amines) is 1. The van der Waals surface area contributed by atoms with E-state index in [0.29, 0.717) is 48.0 Å². The van der Waals surface area contributed by atoms with Gasteiger partial charge in [-0.1, -0.05) is 17.3 Å². The lowest BCUT2D eigenvalue weighted by atomic mass is 9.95. The minimum atomic E-state index is -5.03. The summed E-state index contributed by atoms with van der Waals surface area (Å²) in [5, 5.41) is 3.97. The molecule has 2 heterocycles. The van der Waals surface area contributed by atoms with Gasteiger partial charge in [0.2, 0.25) is 11.7 Å². The molecule has 0 aliphatic carbocycles. The van der Waals surface area contributed by atoms with Gasteiger partial charge in [-0.05, 0) is 43.2 Å². The lowest BCUT2D eigenvalue weighted by Gasteiger charge is -2.30. The van der Waals surface area contributed by atoms with E-state index in [2.05, 4.69) is 10.1 Å². The number of rotatable bonds is 4. The van der Waals surface area contributed by atoms with Crippen LogP contribution in [0.5, 0.6) is 5.75 Å². The largest absolute Gasteiger partial charge is 0.497 e. The number of nitrogens with zero attached hydrogens (tertiary/aromatic N) is 3. The van der Waals surface area contributed by atoms with Gasteiger partial charge in [0.05, 0.1) is 18.2 Å². The molecular weight excluding hydrogens is 480 g/mol. The molecule has 0 radical (unpaired) electrons. The average molecular weight is 499 g/mol. The molecule has 12 heteroatoms. The van der Waals surface area contributed by atoms with Crippen LogP contribution in [-0.4, -0.2) is 41.1 Å². The molecule has 0 saturated carbocycles. The number of benzene rings is 2. The van der Waals surface area contributed by atoms with Gasteiger partial charge < -0.3 is 14.2 Å². The summed E-state index contributed by atoms with van der Waals surface area (Å²) in [5.41, 5.74) is -3.04. The Labute approximate surface area is 195 Å².